The Bertz CT molecular complexity index is 824. The Morgan fingerprint density at radius 3 is 2.08 bits per heavy atom. The summed E-state index contributed by atoms with van der Waals surface area (Å²) in [4.78, 5) is 29.2. The van der Waals surface area contributed by atoms with E-state index in [0.29, 0.717) is 0 Å². The van der Waals surface area contributed by atoms with Crippen molar-refractivity contribution in [3.8, 4) is 0 Å². The molecule has 1 amide bonds. The first-order valence-corrected chi connectivity index (χ1v) is 7.30. The van der Waals surface area contributed by atoms with Crippen molar-refractivity contribution in [3.05, 3.63) is 94.5 Å². The summed E-state index contributed by atoms with van der Waals surface area (Å²) in [5.74, 6) is 0.00335. The van der Waals surface area contributed by atoms with Crippen LogP contribution in [0.15, 0.2) is 77.7 Å². The van der Waals surface area contributed by atoms with Crippen molar-refractivity contribution in [2.75, 3.05) is 0 Å². The van der Waals surface area contributed by atoms with Crippen LogP contribution in [0.1, 0.15) is 17.2 Å². The second kappa shape index (κ2) is 7.23. The molecule has 1 heterocycles. The predicted octanol–water partition coefficient (Wildman–Crippen LogP) is 2.93. The summed E-state index contributed by atoms with van der Waals surface area (Å²) in [5.41, 5.74) is 1.07. The summed E-state index contributed by atoms with van der Waals surface area (Å²) in [6.07, 6.45) is -0.0377. The van der Waals surface area contributed by atoms with Gasteiger partial charge in [0.25, 0.3) is 0 Å². The maximum Gasteiger partial charge on any atom is 0.436 e. The molecule has 3 aromatic rings. The fourth-order valence-corrected chi connectivity index (χ4v) is 2.23. The molecule has 0 bridgehead atoms. The summed E-state index contributed by atoms with van der Waals surface area (Å²) in [6.45, 7) is 0. The standard InChI is InChI=1S/C18H14N3O3/c22-17-19-12-11-15(20-17)21-18(23)24-16(13-7-3-1-4-8-13)14-9-5-2-6-10-14/h1-12,16H,(H,19,20,22). The van der Waals surface area contributed by atoms with Crippen molar-refractivity contribution < 1.29 is 9.53 Å². The second-order valence-corrected chi connectivity index (χ2v) is 4.95. The molecule has 0 aliphatic heterocycles. The average molecular weight is 320 g/mol. The van der Waals surface area contributed by atoms with Crippen LogP contribution in [-0.4, -0.2) is 16.1 Å². The quantitative estimate of drug-likeness (QED) is 0.801. The first-order valence-electron chi connectivity index (χ1n) is 7.30. The van der Waals surface area contributed by atoms with Gasteiger partial charge in [0.15, 0.2) is 11.9 Å². The van der Waals surface area contributed by atoms with Gasteiger partial charge in [0.05, 0.1) is 0 Å². The summed E-state index contributed by atoms with van der Waals surface area (Å²) < 4.78 is 5.51. The lowest BCUT2D eigenvalue weighted by molar-refractivity contribution is 0.119. The molecule has 0 saturated heterocycles. The molecule has 0 atom stereocenters. The lowest BCUT2D eigenvalue weighted by Gasteiger charge is -2.18. The molecule has 24 heavy (non-hydrogen) atoms. The van der Waals surface area contributed by atoms with Gasteiger partial charge in [0.1, 0.15) is 0 Å². The van der Waals surface area contributed by atoms with Crippen LogP contribution >= 0.6 is 0 Å². The normalized spacial score (nSPS) is 10.4. The van der Waals surface area contributed by atoms with Gasteiger partial charge < -0.3 is 9.72 Å². The van der Waals surface area contributed by atoms with Crippen LogP contribution in [0.4, 0.5) is 10.6 Å². The highest BCUT2D eigenvalue weighted by Gasteiger charge is 2.20. The minimum absolute atomic E-state index is 0.00335. The third kappa shape index (κ3) is 3.86. The number of benzene rings is 2. The summed E-state index contributed by atoms with van der Waals surface area (Å²) in [7, 11) is 0. The van der Waals surface area contributed by atoms with Crippen LogP contribution in [0.25, 0.3) is 0 Å². The molecule has 0 fully saturated rings. The van der Waals surface area contributed by atoms with Crippen LogP contribution in [0, 0.1) is 0 Å². The third-order valence-electron chi connectivity index (χ3n) is 3.28. The van der Waals surface area contributed by atoms with E-state index in [1.165, 1.54) is 12.3 Å². The van der Waals surface area contributed by atoms with Crippen LogP contribution < -0.4 is 11.0 Å². The minimum Gasteiger partial charge on any atom is -0.435 e. The second-order valence-electron chi connectivity index (χ2n) is 4.95. The van der Waals surface area contributed by atoms with Crippen LogP contribution in [-0.2, 0) is 4.74 Å². The molecule has 0 saturated carbocycles. The molecule has 6 heteroatoms. The highest BCUT2D eigenvalue weighted by atomic mass is 16.6. The van der Waals surface area contributed by atoms with Crippen LogP contribution in [0.2, 0.25) is 0 Å². The highest BCUT2D eigenvalue weighted by Crippen LogP contribution is 2.26. The number of hydrogen-bond donors (Lipinski definition) is 1. The Morgan fingerprint density at radius 2 is 1.54 bits per heavy atom. The molecule has 1 radical (unpaired) electrons. The Hall–Kier alpha value is -3.41. The van der Waals surface area contributed by atoms with Crippen molar-refractivity contribution in [2.45, 2.75) is 6.10 Å². The molecule has 119 valence electrons. The number of hydrogen-bond acceptors (Lipinski definition) is 4. The maximum absolute atomic E-state index is 12.1. The summed E-state index contributed by atoms with van der Waals surface area (Å²) in [6, 6.07) is 20.2. The van der Waals surface area contributed by atoms with Crippen molar-refractivity contribution >= 4 is 11.9 Å². The number of rotatable bonds is 4. The molecule has 2 aromatic carbocycles. The van der Waals surface area contributed by atoms with E-state index < -0.39 is 17.9 Å². The number of carbonyl (C=O) groups is 1. The van der Waals surface area contributed by atoms with E-state index in [-0.39, 0.29) is 5.82 Å². The minimum atomic E-state index is -0.814. The van der Waals surface area contributed by atoms with Gasteiger partial charge >= 0.3 is 11.8 Å². The average Bonchev–Trinajstić information content (AvgIpc) is 2.61. The zero-order valence-electron chi connectivity index (χ0n) is 12.6. The number of carbonyl (C=O) groups excluding carboxylic acids is 1. The van der Waals surface area contributed by atoms with Crippen molar-refractivity contribution in [2.24, 2.45) is 0 Å². The van der Waals surface area contributed by atoms with Gasteiger partial charge in [-0.05, 0) is 17.2 Å². The fourth-order valence-electron chi connectivity index (χ4n) is 2.23. The molecule has 0 aliphatic carbocycles. The Kier molecular flexibility index (Phi) is 4.67. The Morgan fingerprint density at radius 1 is 0.958 bits per heavy atom. The van der Waals surface area contributed by atoms with Gasteiger partial charge in [-0.25, -0.2) is 9.59 Å². The van der Waals surface area contributed by atoms with E-state index in [4.69, 9.17) is 4.74 Å². The predicted molar refractivity (Wildman–Crippen MR) is 87.9 cm³/mol. The smallest absolute Gasteiger partial charge is 0.435 e. The first-order chi connectivity index (χ1) is 11.7. The first kappa shape index (κ1) is 15.5. The number of aromatic nitrogens is 2. The van der Waals surface area contributed by atoms with E-state index in [1.54, 1.807) is 0 Å². The molecular formula is C18H14N3O3. The number of amides is 1. The molecule has 0 spiro atoms. The molecule has 1 aromatic heterocycles. The Labute approximate surface area is 138 Å². The number of nitrogens with zero attached hydrogens (tertiary/aromatic N) is 2. The van der Waals surface area contributed by atoms with Gasteiger partial charge in [0, 0.05) is 6.20 Å². The summed E-state index contributed by atoms with van der Waals surface area (Å²) >= 11 is 0. The van der Waals surface area contributed by atoms with Gasteiger partial charge in [0.2, 0.25) is 0 Å². The zero-order chi connectivity index (χ0) is 16.8. The molecule has 6 nitrogen and oxygen atoms in total. The third-order valence-corrected chi connectivity index (χ3v) is 3.28. The number of ether oxygens (including phenoxy) is 1. The number of aromatic amines is 1. The van der Waals surface area contributed by atoms with Crippen molar-refractivity contribution in [3.63, 3.8) is 0 Å². The number of nitrogens with one attached hydrogen (secondary N) is 1. The summed E-state index contributed by atoms with van der Waals surface area (Å²) in [5, 5.41) is 3.72. The largest absolute Gasteiger partial charge is 0.436 e. The van der Waals surface area contributed by atoms with Gasteiger partial charge in [-0.3, -0.25) is 0 Å². The lowest BCUT2D eigenvalue weighted by Crippen LogP contribution is -2.20. The van der Waals surface area contributed by atoms with Crippen LogP contribution in [0.5, 0.6) is 0 Å². The van der Waals surface area contributed by atoms with Crippen LogP contribution in [0.3, 0.4) is 0 Å². The van der Waals surface area contributed by atoms with E-state index in [0.717, 1.165) is 11.1 Å². The molecule has 0 unspecified atom stereocenters. The molecule has 3 rings (SSSR count). The van der Waals surface area contributed by atoms with E-state index in [1.807, 2.05) is 60.7 Å². The van der Waals surface area contributed by atoms with Gasteiger partial charge in [-0.1, -0.05) is 60.7 Å². The monoisotopic (exact) mass is 320 g/mol. The van der Waals surface area contributed by atoms with E-state index in [2.05, 4.69) is 15.3 Å². The van der Waals surface area contributed by atoms with E-state index in [9.17, 15) is 9.59 Å². The highest BCUT2D eigenvalue weighted by molar-refractivity contribution is 5.72. The molecular weight excluding hydrogens is 306 g/mol. The number of H-pyrrole nitrogens is 1. The maximum atomic E-state index is 12.1. The van der Waals surface area contributed by atoms with E-state index >= 15 is 0 Å². The fraction of sp³-hybridized carbons (Fsp3) is 0.0556. The topological polar surface area (TPSA) is 86.2 Å². The molecule has 0 aliphatic rings. The van der Waals surface area contributed by atoms with Gasteiger partial charge in [-0.2, -0.15) is 10.3 Å². The SMILES string of the molecule is O=C([N]c1cc[nH]c(=O)n1)OC(c1ccccc1)c1ccccc1. The molecule has 1 N–H and O–H groups in total. The van der Waals surface area contributed by atoms with Gasteiger partial charge in [-0.15, -0.1) is 0 Å². The van der Waals surface area contributed by atoms with Crippen molar-refractivity contribution in [1.82, 2.24) is 15.3 Å². The zero-order valence-corrected chi connectivity index (χ0v) is 12.6. The lowest BCUT2D eigenvalue weighted by atomic mass is 10.0. The van der Waals surface area contributed by atoms with Crippen molar-refractivity contribution in [1.29, 1.82) is 0 Å². The Balaban J connectivity index is 1.82.